The van der Waals surface area contributed by atoms with E-state index >= 15 is 0 Å². The van der Waals surface area contributed by atoms with Crippen LogP contribution in [-0.2, 0) is 6.42 Å². The van der Waals surface area contributed by atoms with Gasteiger partial charge in [-0.2, -0.15) is 0 Å². The average molecular weight is 362 g/mol. The largest absolute Gasteiger partial charge is 0.490 e. The molecule has 1 amide bonds. The second-order valence-corrected chi connectivity index (χ2v) is 5.87. The van der Waals surface area contributed by atoms with Gasteiger partial charge in [-0.25, -0.2) is 0 Å². The molecule has 0 aliphatic carbocycles. The molecule has 0 radical (unpaired) electrons. The van der Waals surface area contributed by atoms with Crippen LogP contribution in [0, 0.1) is 0 Å². The van der Waals surface area contributed by atoms with Crippen molar-refractivity contribution in [2.45, 2.75) is 6.42 Å². The fourth-order valence-electron chi connectivity index (χ4n) is 2.57. The summed E-state index contributed by atoms with van der Waals surface area (Å²) in [4.78, 5) is 16.5. The van der Waals surface area contributed by atoms with E-state index in [9.17, 15) is 4.79 Å². The molecule has 0 fully saturated rings. The van der Waals surface area contributed by atoms with Crippen molar-refractivity contribution in [1.29, 1.82) is 0 Å². The Morgan fingerprint density at radius 2 is 1.67 bits per heavy atom. The van der Waals surface area contributed by atoms with E-state index in [2.05, 4.69) is 10.3 Å². The van der Waals surface area contributed by atoms with Crippen LogP contribution in [0.5, 0.6) is 11.5 Å². The van der Waals surface area contributed by atoms with Gasteiger partial charge in [0.15, 0.2) is 0 Å². The number of para-hydroxylation sites is 2. The van der Waals surface area contributed by atoms with Crippen molar-refractivity contribution in [1.82, 2.24) is 10.3 Å². The number of amides is 1. The molecule has 3 rings (SSSR count). The Hall–Kier alpha value is -3.34. The maximum Gasteiger partial charge on any atom is 0.255 e. The monoisotopic (exact) mass is 362 g/mol. The summed E-state index contributed by atoms with van der Waals surface area (Å²) in [6.07, 6.45) is 4.26. The standard InChI is InChI=1S/C22H22N2O3/c25-22(24-14-12-18-7-6-13-23-17-18)20-10-4-5-11-21(20)27-16-15-26-19-8-2-1-3-9-19/h1-11,13,17H,12,14-16H2,(H,24,25). The topological polar surface area (TPSA) is 60.5 Å². The highest BCUT2D eigenvalue weighted by atomic mass is 16.5. The average Bonchev–Trinajstić information content (AvgIpc) is 2.73. The molecule has 3 aromatic rings. The van der Waals surface area contributed by atoms with E-state index in [1.165, 1.54) is 0 Å². The van der Waals surface area contributed by atoms with Crippen molar-refractivity contribution < 1.29 is 14.3 Å². The Bertz CT molecular complexity index is 838. The minimum absolute atomic E-state index is 0.154. The van der Waals surface area contributed by atoms with Crippen LogP contribution >= 0.6 is 0 Å². The Labute approximate surface area is 159 Å². The van der Waals surface area contributed by atoms with Gasteiger partial charge >= 0.3 is 0 Å². The lowest BCUT2D eigenvalue weighted by Crippen LogP contribution is -2.26. The summed E-state index contributed by atoms with van der Waals surface area (Å²) >= 11 is 0. The van der Waals surface area contributed by atoms with E-state index in [0.717, 1.165) is 17.7 Å². The van der Waals surface area contributed by atoms with Crippen LogP contribution < -0.4 is 14.8 Å². The van der Waals surface area contributed by atoms with E-state index in [1.54, 1.807) is 24.5 Å². The number of pyridine rings is 1. The maximum atomic E-state index is 12.5. The van der Waals surface area contributed by atoms with Crippen molar-refractivity contribution in [3.05, 3.63) is 90.3 Å². The summed E-state index contributed by atoms with van der Waals surface area (Å²) in [5.41, 5.74) is 1.60. The molecule has 0 spiro atoms. The number of ether oxygens (including phenoxy) is 2. The number of hydrogen-bond acceptors (Lipinski definition) is 4. The number of carbonyl (C=O) groups excluding carboxylic acids is 1. The molecule has 1 heterocycles. The first-order valence-electron chi connectivity index (χ1n) is 8.90. The maximum absolute atomic E-state index is 12.5. The lowest BCUT2D eigenvalue weighted by molar-refractivity contribution is 0.0949. The molecular formula is C22H22N2O3. The summed E-state index contributed by atoms with van der Waals surface area (Å²) in [5, 5.41) is 2.93. The molecule has 0 aliphatic heterocycles. The second-order valence-electron chi connectivity index (χ2n) is 5.87. The molecule has 0 bridgehead atoms. The summed E-state index contributed by atoms with van der Waals surface area (Å²) in [7, 11) is 0. The zero-order valence-electron chi connectivity index (χ0n) is 15.0. The third-order valence-electron chi connectivity index (χ3n) is 3.91. The normalized spacial score (nSPS) is 10.2. The van der Waals surface area contributed by atoms with Gasteiger partial charge < -0.3 is 14.8 Å². The van der Waals surface area contributed by atoms with Gasteiger partial charge in [-0.3, -0.25) is 9.78 Å². The van der Waals surface area contributed by atoms with Crippen LogP contribution in [0.1, 0.15) is 15.9 Å². The first-order chi connectivity index (χ1) is 13.3. The molecular weight excluding hydrogens is 340 g/mol. The van der Waals surface area contributed by atoms with E-state index < -0.39 is 0 Å². The third-order valence-corrected chi connectivity index (χ3v) is 3.91. The van der Waals surface area contributed by atoms with Crippen LogP contribution in [0.25, 0.3) is 0 Å². The highest BCUT2D eigenvalue weighted by Crippen LogP contribution is 2.18. The Kier molecular flexibility index (Phi) is 6.81. The van der Waals surface area contributed by atoms with Crippen LogP contribution in [0.2, 0.25) is 0 Å². The van der Waals surface area contributed by atoms with E-state index in [-0.39, 0.29) is 5.91 Å². The molecule has 138 valence electrons. The van der Waals surface area contributed by atoms with E-state index in [1.807, 2.05) is 54.6 Å². The van der Waals surface area contributed by atoms with Crippen LogP contribution in [0.4, 0.5) is 0 Å². The Morgan fingerprint density at radius 3 is 2.48 bits per heavy atom. The zero-order valence-corrected chi connectivity index (χ0v) is 15.0. The number of nitrogens with zero attached hydrogens (tertiary/aromatic N) is 1. The van der Waals surface area contributed by atoms with Gasteiger partial charge in [-0.1, -0.05) is 36.4 Å². The zero-order chi connectivity index (χ0) is 18.7. The summed E-state index contributed by atoms with van der Waals surface area (Å²) in [6.45, 7) is 1.30. The number of carbonyl (C=O) groups is 1. The smallest absolute Gasteiger partial charge is 0.255 e. The van der Waals surface area contributed by atoms with Gasteiger partial charge in [-0.05, 0) is 42.3 Å². The molecule has 0 saturated carbocycles. The van der Waals surface area contributed by atoms with Gasteiger partial charge in [-0.15, -0.1) is 0 Å². The highest BCUT2D eigenvalue weighted by molar-refractivity contribution is 5.96. The molecule has 0 aliphatic rings. The summed E-state index contributed by atoms with van der Waals surface area (Å²) in [5.74, 6) is 1.19. The SMILES string of the molecule is O=C(NCCc1cccnc1)c1ccccc1OCCOc1ccccc1. The highest BCUT2D eigenvalue weighted by Gasteiger charge is 2.11. The molecule has 1 aromatic heterocycles. The van der Waals surface area contributed by atoms with Crippen molar-refractivity contribution >= 4 is 5.91 Å². The fourth-order valence-corrected chi connectivity index (χ4v) is 2.57. The number of rotatable bonds is 9. The van der Waals surface area contributed by atoms with Gasteiger partial charge in [0.05, 0.1) is 5.56 Å². The summed E-state index contributed by atoms with van der Waals surface area (Å²) < 4.78 is 11.4. The van der Waals surface area contributed by atoms with Crippen LogP contribution in [0.3, 0.4) is 0 Å². The quantitative estimate of drug-likeness (QED) is 0.592. The molecule has 5 nitrogen and oxygen atoms in total. The lowest BCUT2D eigenvalue weighted by Gasteiger charge is -2.12. The molecule has 1 N–H and O–H groups in total. The number of hydrogen-bond donors (Lipinski definition) is 1. The van der Waals surface area contributed by atoms with Gasteiger partial charge in [0.2, 0.25) is 0 Å². The van der Waals surface area contributed by atoms with E-state index in [0.29, 0.717) is 31.1 Å². The molecule has 2 aromatic carbocycles. The molecule has 27 heavy (non-hydrogen) atoms. The number of aromatic nitrogens is 1. The van der Waals surface area contributed by atoms with Crippen molar-refractivity contribution in [2.24, 2.45) is 0 Å². The molecule has 0 saturated heterocycles. The first-order valence-corrected chi connectivity index (χ1v) is 8.90. The second kappa shape index (κ2) is 9.97. The predicted molar refractivity (Wildman–Crippen MR) is 104 cm³/mol. The predicted octanol–water partition coefficient (Wildman–Crippen LogP) is 3.51. The van der Waals surface area contributed by atoms with Crippen molar-refractivity contribution in [3.8, 4) is 11.5 Å². The van der Waals surface area contributed by atoms with Crippen LogP contribution in [-0.4, -0.2) is 30.6 Å². The van der Waals surface area contributed by atoms with E-state index in [4.69, 9.17) is 9.47 Å². The van der Waals surface area contributed by atoms with Crippen molar-refractivity contribution in [3.63, 3.8) is 0 Å². The number of nitrogens with one attached hydrogen (secondary N) is 1. The number of benzene rings is 2. The minimum atomic E-state index is -0.154. The first kappa shape index (κ1) is 18.5. The Morgan fingerprint density at radius 1 is 0.889 bits per heavy atom. The minimum Gasteiger partial charge on any atom is -0.490 e. The fraction of sp³-hybridized carbons (Fsp3) is 0.182. The van der Waals surface area contributed by atoms with Gasteiger partial charge in [0.1, 0.15) is 24.7 Å². The Balaban J connectivity index is 1.48. The third kappa shape index (κ3) is 5.85. The molecule has 5 heteroatoms. The van der Waals surface area contributed by atoms with Crippen LogP contribution in [0.15, 0.2) is 79.1 Å². The molecule has 0 unspecified atom stereocenters. The van der Waals surface area contributed by atoms with Crippen molar-refractivity contribution in [2.75, 3.05) is 19.8 Å². The van der Waals surface area contributed by atoms with Gasteiger partial charge in [0, 0.05) is 18.9 Å². The lowest BCUT2D eigenvalue weighted by atomic mass is 10.1. The summed E-state index contributed by atoms with van der Waals surface area (Å²) in [6, 6.07) is 20.7. The molecule has 0 atom stereocenters. The van der Waals surface area contributed by atoms with Gasteiger partial charge in [0.25, 0.3) is 5.91 Å².